The van der Waals surface area contributed by atoms with Gasteiger partial charge in [-0.05, 0) is 47.4 Å². The highest BCUT2D eigenvalue weighted by Crippen LogP contribution is 2.37. The smallest absolute Gasteiger partial charge is 0.266 e. The van der Waals surface area contributed by atoms with Gasteiger partial charge in [-0.1, -0.05) is 72.8 Å². The van der Waals surface area contributed by atoms with Gasteiger partial charge < -0.3 is 15.2 Å². The molecule has 2 amide bonds. The van der Waals surface area contributed by atoms with Gasteiger partial charge in [0.25, 0.3) is 11.8 Å². The van der Waals surface area contributed by atoms with E-state index in [0.29, 0.717) is 42.3 Å². The Morgan fingerprint density at radius 3 is 2.19 bits per heavy atom. The molecule has 6 heteroatoms. The summed E-state index contributed by atoms with van der Waals surface area (Å²) in [6.07, 6.45) is 0. The van der Waals surface area contributed by atoms with Crippen LogP contribution in [0.25, 0.3) is 11.1 Å². The van der Waals surface area contributed by atoms with Gasteiger partial charge in [-0.2, -0.15) is 0 Å². The summed E-state index contributed by atoms with van der Waals surface area (Å²) in [7, 11) is 0. The minimum absolute atomic E-state index is 0.00657. The number of nitrogens with zero attached hydrogens (tertiary/aromatic N) is 1. The lowest BCUT2D eigenvalue weighted by molar-refractivity contribution is 0.0925. The van der Waals surface area contributed by atoms with Crippen LogP contribution >= 0.6 is 0 Å². The fraction of sp³-hybridized carbons (Fsp3) is 0.161. The maximum absolute atomic E-state index is 13.6. The summed E-state index contributed by atoms with van der Waals surface area (Å²) in [5, 5.41) is 12.3. The van der Waals surface area contributed by atoms with Crippen LogP contribution in [0.5, 0.6) is 5.75 Å². The van der Waals surface area contributed by atoms with Gasteiger partial charge in [0.2, 0.25) is 0 Å². The maximum Gasteiger partial charge on any atom is 0.266 e. The van der Waals surface area contributed by atoms with Crippen molar-refractivity contribution >= 4 is 17.5 Å². The van der Waals surface area contributed by atoms with Crippen molar-refractivity contribution in [2.45, 2.75) is 20.1 Å². The predicted molar refractivity (Wildman–Crippen MR) is 144 cm³/mol. The average Bonchev–Trinajstić information content (AvgIpc) is 3.17. The predicted octanol–water partition coefficient (Wildman–Crippen LogP) is 5.12. The first-order valence-electron chi connectivity index (χ1n) is 12.3. The van der Waals surface area contributed by atoms with Gasteiger partial charge in [-0.3, -0.25) is 9.59 Å². The normalized spacial score (nSPS) is 12.6. The fourth-order valence-electron chi connectivity index (χ4n) is 4.64. The first-order chi connectivity index (χ1) is 18.1. The maximum atomic E-state index is 13.6. The van der Waals surface area contributed by atoms with E-state index in [-0.39, 0.29) is 18.4 Å². The number of aliphatic hydroxyl groups excluding tert-OH is 1. The second kappa shape index (κ2) is 10.8. The van der Waals surface area contributed by atoms with E-state index < -0.39 is 0 Å². The molecule has 4 aromatic rings. The Balaban J connectivity index is 1.50. The molecule has 0 radical (unpaired) electrons. The Hall–Kier alpha value is -4.26. The van der Waals surface area contributed by atoms with Crippen LogP contribution in [0.3, 0.4) is 0 Å². The van der Waals surface area contributed by atoms with Crippen molar-refractivity contribution < 1.29 is 19.4 Å². The van der Waals surface area contributed by atoms with Crippen molar-refractivity contribution in [3.8, 4) is 16.9 Å². The summed E-state index contributed by atoms with van der Waals surface area (Å²) in [5.74, 6) is -0.190. The van der Waals surface area contributed by atoms with Crippen LogP contribution in [-0.4, -0.2) is 30.1 Å². The lowest BCUT2D eigenvalue weighted by Gasteiger charge is -2.19. The molecule has 6 nitrogen and oxygen atoms in total. The number of benzene rings is 4. The number of imide groups is 1. The highest BCUT2D eigenvalue weighted by atomic mass is 16.5. The number of anilines is 1. The summed E-state index contributed by atoms with van der Waals surface area (Å²) in [4.78, 5) is 28.5. The molecular formula is C31H28N2O4. The molecule has 2 N–H and O–H groups in total. The fourth-order valence-corrected chi connectivity index (χ4v) is 4.64. The van der Waals surface area contributed by atoms with Crippen LogP contribution in [-0.2, 0) is 13.2 Å². The second-order valence-electron chi connectivity index (χ2n) is 8.94. The zero-order chi connectivity index (χ0) is 25.8. The number of nitrogens with one attached hydrogen (secondary N) is 1. The van der Waals surface area contributed by atoms with E-state index in [9.17, 15) is 14.7 Å². The van der Waals surface area contributed by atoms with Crippen molar-refractivity contribution in [2.24, 2.45) is 0 Å². The van der Waals surface area contributed by atoms with Gasteiger partial charge in [0.05, 0.1) is 23.4 Å². The van der Waals surface area contributed by atoms with E-state index in [1.54, 1.807) is 18.2 Å². The molecule has 1 heterocycles. The van der Waals surface area contributed by atoms with Gasteiger partial charge >= 0.3 is 0 Å². The first-order valence-corrected chi connectivity index (χ1v) is 12.3. The minimum Gasteiger partial charge on any atom is -0.489 e. The van der Waals surface area contributed by atoms with Gasteiger partial charge in [0, 0.05) is 18.7 Å². The van der Waals surface area contributed by atoms with Gasteiger partial charge in [-0.25, -0.2) is 4.90 Å². The molecule has 0 aromatic heterocycles. The summed E-state index contributed by atoms with van der Waals surface area (Å²) >= 11 is 0. The van der Waals surface area contributed by atoms with Crippen molar-refractivity contribution in [3.05, 3.63) is 119 Å². The van der Waals surface area contributed by atoms with E-state index in [4.69, 9.17) is 4.74 Å². The van der Waals surface area contributed by atoms with E-state index in [1.807, 2.05) is 79.7 Å². The van der Waals surface area contributed by atoms with E-state index >= 15 is 0 Å². The van der Waals surface area contributed by atoms with E-state index in [2.05, 4.69) is 5.32 Å². The Kier molecular flexibility index (Phi) is 7.12. The topological polar surface area (TPSA) is 78.9 Å². The SMILES string of the molecule is Cc1c(-c2ccccc2)cccc1N1C(=O)c2cc(CNCCO)c(OCc3ccccc3)cc2C1=O. The van der Waals surface area contributed by atoms with Crippen LogP contribution in [0.4, 0.5) is 5.69 Å². The molecule has 5 rings (SSSR count). The Morgan fingerprint density at radius 1 is 0.811 bits per heavy atom. The Labute approximate surface area is 216 Å². The molecule has 0 saturated carbocycles. The first kappa shape index (κ1) is 24.4. The lowest BCUT2D eigenvalue weighted by atomic mass is 9.99. The van der Waals surface area contributed by atoms with Crippen molar-refractivity contribution in [2.75, 3.05) is 18.1 Å². The standard InChI is InChI=1S/C31H28N2O4/c1-21-25(23-11-6-3-7-12-23)13-8-14-28(21)33-30(35)26-17-24(19-32-15-16-34)29(18-27(26)31(33)36)37-20-22-9-4-2-5-10-22/h2-14,17-18,32,34H,15-16,19-20H2,1H3. The Bertz CT molecular complexity index is 1430. The van der Waals surface area contributed by atoms with Crippen LogP contribution in [0.1, 0.15) is 37.4 Å². The van der Waals surface area contributed by atoms with Crippen LogP contribution < -0.4 is 15.0 Å². The molecule has 1 aliphatic rings. The monoisotopic (exact) mass is 492 g/mol. The van der Waals surface area contributed by atoms with E-state index in [0.717, 1.165) is 27.8 Å². The van der Waals surface area contributed by atoms with E-state index in [1.165, 1.54) is 4.90 Å². The average molecular weight is 493 g/mol. The molecule has 0 unspecified atom stereocenters. The molecule has 0 atom stereocenters. The Morgan fingerprint density at radius 2 is 1.49 bits per heavy atom. The molecule has 1 aliphatic heterocycles. The summed E-state index contributed by atoms with van der Waals surface area (Å²) in [6.45, 7) is 3.05. The van der Waals surface area contributed by atoms with Crippen molar-refractivity contribution in [3.63, 3.8) is 0 Å². The number of carbonyl (C=O) groups is 2. The third kappa shape index (κ3) is 4.89. The molecule has 0 spiro atoms. The van der Waals surface area contributed by atoms with Crippen LogP contribution in [0.15, 0.2) is 91.0 Å². The number of rotatable bonds is 9. The molecule has 0 bridgehead atoms. The number of fused-ring (bicyclic) bond motifs is 1. The zero-order valence-corrected chi connectivity index (χ0v) is 20.6. The number of hydrogen-bond acceptors (Lipinski definition) is 5. The molecule has 4 aromatic carbocycles. The quantitative estimate of drug-likeness (QED) is 0.250. The molecule has 0 fully saturated rings. The summed E-state index contributed by atoms with van der Waals surface area (Å²) in [6, 6.07) is 28.7. The van der Waals surface area contributed by atoms with Crippen molar-refractivity contribution in [1.29, 1.82) is 0 Å². The lowest BCUT2D eigenvalue weighted by Crippen LogP contribution is -2.30. The molecule has 186 valence electrons. The number of carbonyl (C=O) groups excluding carboxylic acids is 2. The summed E-state index contributed by atoms with van der Waals surface area (Å²) in [5.41, 5.74) is 5.83. The molecular weight excluding hydrogens is 464 g/mol. The third-order valence-electron chi connectivity index (χ3n) is 6.54. The van der Waals surface area contributed by atoms with Crippen molar-refractivity contribution in [1.82, 2.24) is 5.32 Å². The van der Waals surface area contributed by atoms with Crippen LogP contribution in [0, 0.1) is 6.92 Å². The van der Waals surface area contributed by atoms with Gasteiger partial charge in [0.1, 0.15) is 12.4 Å². The largest absolute Gasteiger partial charge is 0.489 e. The molecule has 0 aliphatic carbocycles. The second-order valence-corrected chi connectivity index (χ2v) is 8.94. The van der Waals surface area contributed by atoms with Gasteiger partial charge in [0.15, 0.2) is 0 Å². The number of ether oxygens (including phenoxy) is 1. The highest BCUT2D eigenvalue weighted by Gasteiger charge is 2.38. The zero-order valence-electron chi connectivity index (χ0n) is 20.6. The minimum atomic E-state index is -0.368. The number of hydrogen-bond donors (Lipinski definition) is 2. The number of amides is 2. The molecule has 0 saturated heterocycles. The van der Waals surface area contributed by atoms with Crippen LogP contribution in [0.2, 0.25) is 0 Å². The van der Waals surface area contributed by atoms with Gasteiger partial charge in [-0.15, -0.1) is 0 Å². The number of aliphatic hydroxyl groups is 1. The third-order valence-corrected chi connectivity index (χ3v) is 6.54. The summed E-state index contributed by atoms with van der Waals surface area (Å²) < 4.78 is 6.12. The molecule has 37 heavy (non-hydrogen) atoms. The highest BCUT2D eigenvalue weighted by molar-refractivity contribution is 6.35.